The number of nitrogens with one attached hydrogen (secondary N) is 2. The molecule has 0 unspecified atom stereocenters. The van der Waals surface area contributed by atoms with Crippen molar-refractivity contribution in [3.05, 3.63) is 65.9 Å². The second-order valence-corrected chi connectivity index (χ2v) is 7.18. The summed E-state index contributed by atoms with van der Waals surface area (Å²) in [6.07, 6.45) is 1.77. The number of rotatable bonds is 4. The Morgan fingerprint density at radius 2 is 1.65 bits per heavy atom. The van der Waals surface area contributed by atoms with Crippen molar-refractivity contribution in [1.29, 1.82) is 0 Å². The summed E-state index contributed by atoms with van der Waals surface area (Å²) in [6, 6.07) is 10.0. The van der Waals surface area contributed by atoms with Crippen LogP contribution in [0.2, 0.25) is 0 Å². The molecule has 0 radical (unpaired) electrons. The second kappa shape index (κ2) is 8.90. The third kappa shape index (κ3) is 5.21. The van der Waals surface area contributed by atoms with Gasteiger partial charge in [0.2, 0.25) is 0 Å². The first-order valence-electron chi connectivity index (χ1n) is 9.77. The minimum absolute atomic E-state index is 0.0851. The summed E-state index contributed by atoms with van der Waals surface area (Å²) >= 11 is 0. The standard InChI is InChI=1S/C21H21F2N7O/c1-14-2-3-18(24-13-14)26-19-4-5-20(28-27-19)29-6-8-30(9-7-29)21(31)25-17-11-15(22)10-16(23)12-17/h2-5,10-13H,6-9H2,1H3,(H,25,31)(H,24,26,27). The molecule has 10 heteroatoms. The van der Waals surface area contributed by atoms with Gasteiger partial charge in [0.25, 0.3) is 0 Å². The van der Waals surface area contributed by atoms with Crippen LogP contribution < -0.4 is 15.5 Å². The first kappa shape index (κ1) is 20.5. The molecule has 160 valence electrons. The molecule has 4 rings (SSSR count). The Labute approximate surface area is 177 Å². The van der Waals surface area contributed by atoms with Crippen LogP contribution in [0, 0.1) is 18.6 Å². The Balaban J connectivity index is 1.31. The molecule has 1 fully saturated rings. The summed E-state index contributed by atoms with van der Waals surface area (Å²) in [5.41, 5.74) is 1.16. The SMILES string of the molecule is Cc1ccc(Nc2ccc(N3CCN(C(=O)Nc4cc(F)cc(F)c4)CC3)nn2)nc1. The topological polar surface area (TPSA) is 86.3 Å². The molecule has 0 atom stereocenters. The summed E-state index contributed by atoms with van der Waals surface area (Å²) < 4.78 is 26.6. The van der Waals surface area contributed by atoms with Gasteiger partial charge in [-0.25, -0.2) is 18.6 Å². The number of carbonyl (C=O) groups excluding carboxylic acids is 1. The summed E-state index contributed by atoms with van der Waals surface area (Å²) in [7, 11) is 0. The molecular weight excluding hydrogens is 404 g/mol. The van der Waals surface area contributed by atoms with Crippen LogP contribution in [0.5, 0.6) is 0 Å². The summed E-state index contributed by atoms with van der Waals surface area (Å²) in [6.45, 7) is 3.98. The molecule has 1 saturated heterocycles. The Kier molecular flexibility index (Phi) is 5.87. The van der Waals surface area contributed by atoms with Crippen LogP contribution in [-0.4, -0.2) is 52.3 Å². The zero-order valence-electron chi connectivity index (χ0n) is 16.8. The summed E-state index contributed by atoms with van der Waals surface area (Å²) in [5.74, 6) is 0.491. The van der Waals surface area contributed by atoms with E-state index in [1.165, 1.54) is 0 Å². The number of carbonyl (C=O) groups is 1. The number of benzene rings is 1. The van der Waals surface area contributed by atoms with E-state index in [9.17, 15) is 13.6 Å². The van der Waals surface area contributed by atoms with Gasteiger partial charge in [-0.15, -0.1) is 10.2 Å². The van der Waals surface area contributed by atoms with Crippen molar-refractivity contribution in [2.75, 3.05) is 41.7 Å². The predicted octanol–water partition coefficient (Wildman–Crippen LogP) is 3.56. The second-order valence-electron chi connectivity index (χ2n) is 7.18. The highest BCUT2D eigenvalue weighted by Crippen LogP contribution is 2.18. The van der Waals surface area contributed by atoms with Crippen LogP contribution in [-0.2, 0) is 0 Å². The monoisotopic (exact) mass is 425 g/mol. The highest BCUT2D eigenvalue weighted by Gasteiger charge is 2.22. The highest BCUT2D eigenvalue weighted by atomic mass is 19.1. The van der Waals surface area contributed by atoms with E-state index in [-0.39, 0.29) is 5.69 Å². The molecule has 1 aromatic carbocycles. The minimum Gasteiger partial charge on any atom is -0.352 e. The number of piperazine rings is 1. The quantitative estimate of drug-likeness (QED) is 0.665. The fourth-order valence-electron chi connectivity index (χ4n) is 3.20. The molecule has 2 N–H and O–H groups in total. The van der Waals surface area contributed by atoms with Crippen molar-refractivity contribution in [1.82, 2.24) is 20.1 Å². The smallest absolute Gasteiger partial charge is 0.321 e. The van der Waals surface area contributed by atoms with E-state index in [4.69, 9.17) is 0 Å². The lowest BCUT2D eigenvalue weighted by Crippen LogP contribution is -2.50. The number of hydrogen-bond donors (Lipinski definition) is 2. The lowest BCUT2D eigenvalue weighted by Gasteiger charge is -2.35. The minimum atomic E-state index is -0.741. The largest absolute Gasteiger partial charge is 0.352 e. The van der Waals surface area contributed by atoms with Crippen LogP contribution in [0.1, 0.15) is 5.56 Å². The lowest BCUT2D eigenvalue weighted by molar-refractivity contribution is 0.208. The number of halogens is 2. The maximum atomic E-state index is 13.3. The molecule has 1 aliphatic rings. The zero-order chi connectivity index (χ0) is 21.8. The van der Waals surface area contributed by atoms with Crippen molar-refractivity contribution in [2.24, 2.45) is 0 Å². The number of pyridine rings is 1. The van der Waals surface area contributed by atoms with Gasteiger partial charge < -0.3 is 20.4 Å². The van der Waals surface area contributed by atoms with Gasteiger partial charge in [-0.05, 0) is 42.8 Å². The summed E-state index contributed by atoms with van der Waals surface area (Å²) in [4.78, 5) is 20.3. The van der Waals surface area contributed by atoms with Gasteiger partial charge in [0, 0.05) is 44.1 Å². The summed E-state index contributed by atoms with van der Waals surface area (Å²) in [5, 5.41) is 14.1. The van der Waals surface area contributed by atoms with Crippen LogP contribution in [0.3, 0.4) is 0 Å². The first-order chi connectivity index (χ1) is 15.0. The van der Waals surface area contributed by atoms with Gasteiger partial charge in [0.05, 0.1) is 0 Å². The molecule has 3 heterocycles. The van der Waals surface area contributed by atoms with Crippen LogP contribution in [0.15, 0.2) is 48.7 Å². The number of anilines is 4. The molecule has 2 amide bonds. The van der Waals surface area contributed by atoms with Crippen LogP contribution in [0.25, 0.3) is 0 Å². The van der Waals surface area contributed by atoms with Crippen molar-refractivity contribution < 1.29 is 13.6 Å². The Hall–Kier alpha value is -3.82. The molecule has 0 bridgehead atoms. The van der Waals surface area contributed by atoms with Crippen molar-refractivity contribution >= 4 is 29.2 Å². The first-order valence-corrected chi connectivity index (χ1v) is 9.77. The number of aromatic nitrogens is 3. The number of urea groups is 1. The van der Waals surface area contributed by atoms with Crippen molar-refractivity contribution in [2.45, 2.75) is 6.92 Å². The van der Waals surface area contributed by atoms with E-state index in [0.29, 0.717) is 43.6 Å². The average molecular weight is 425 g/mol. The average Bonchev–Trinajstić information content (AvgIpc) is 2.75. The van der Waals surface area contributed by atoms with E-state index in [2.05, 4.69) is 25.8 Å². The van der Waals surface area contributed by atoms with E-state index in [1.807, 2.05) is 36.1 Å². The molecule has 1 aliphatic heterocycles. The molecule has 3 aromatic rings. The number of aryl methyl sites for hydroxylation is 1. The predicted molar refractivity (Wildman–Crippen MR) is 113 cm³/mol. The molecule has 0 aliphatic carbocycles. The van der Waals surface area contributed by atoms with Gasteiger partial charge in [-0.2, -0.15) is 0 Å². The van der Waals surface area contributed by atoms with Gasteiger partial charge in [-0.3, -0.25) is 0 Å². The Morgan fingerprint density at radius 1 is 0.935 bits per heavy atom. The Morgan fingerprint density at radius 3 is 2.26 bits per heavy atom. The fraction of sp³-hybridized carbons (Fsp3) is 0.238. The molecule has 0 saturated carbocycles. The molecule has 2 aromatic heterocycles. The third-order valence-corrected chi connectivity index (χ3v) is 4.82. The van der Waals surface area contributed by atoms with Gasteiger partial charge in [-0.1, -0.05) is 6.07 Å². The highest BCUT2D eigenvalue weighted by molar-refractivity contribution is 5.89. The third-order valence-electron chi connectivity index (χ3n) is 4.82. The van der Waals surface area contributed by atoms with E-state index >= 15 is 0 Å². The molecule has 8 nitrogen and oxygen atoms in total. The number of hydrogen-bond acceptors (Lipinski definition) is 6. The lowest BCUT2D eigenvalue weighted by atomic mass is 10.3. The van der Waals surface area contributed by atoms with Crippen molar-refractivity contribution in [3.8, 4) is 0 Å². The number of amides is 2. The van der Waals surface area contributed by atoms with Crippen molar-refractivity contribution in [3.63, 3.8) is 0 Å². The van der Waals surface area contributed by atoms with Crippen LogP contribution in [0.4, 0.5) is 36.7 Å². The normalized spacial score (nSPS) is 13.8. The van der Waals surface area contributed by atoms with E-state index in [0.717, 1.165) is 23.8 Å². The van der Waals surface area contributed by atoms with E-state index in [1.54, 1.807) is 11.1 Å². The zero-order valence-corrected chi connectivity index (χ0v) is 16.8. The van der Waals surface area contributed by atoms with Gasteiger partial charge in [0.15, 0.2) is 11.6 Å². The van der Waals surface area contributed by atoms with Gasteiger partial charge >= 0.3 is 6.03 Å². The maximum Gasteiger partial charge on any atom is 0.321 e. The van der Waals surface area contributed by atoms with Crippen LogP contribution >= 0.6 is 0 Å². The van der Waals surface area contributed by atoms with Gasteiger partial charge in [0.1, 0.15) is 17.5 Å². The molecule has 31 heavy (non-hydrogen) atoms. The fourth-order valence-corrected chi connectivity index (χ4v) is 3.20. The molecular formula is C21H21F2N7O. The molecule has 0 spiro atoms. The number of nitrogens with zero attached hydrogens (tertiary/aromatic N) is 5. The Bertz CT molecular complexity index is 1030. The maximum absolute atomic E-state index is 13.3. The van der Waals surface area contributed by atoms with E-state index < -0.39 is 17.7 Å².